The third-order valence-corrected chi connectivity index (χ3v) is 5.85. The number of aldehydes is 1. The fourth-order valence-electron chi connectivity index (χ4n) is 3.90. The monoisotopic (exact) mass is 336 g/mol. The Labute approximate surface area is 143 Å². The summed E-state index contributed by atoms with van der Waals surface area (Å²) < 4.78 is 5.78. The Bertz CT molecular complexity index is 536. The van der Waals surface area contributed by atoms with Crippen LogP contribution in [0.25, 0.3) is 0 Å². The molecule has 0 amide bonds. The molecule has 2 aliphatic carbocycles. The van der Waals surface area contributed by atoms with Crippen LogP contribution >= 0.6 is 0 Å². The summed E-state index contributed by atoms with van der Waals surface area (Å²) in [6, 6.07) is 0. The van der Waals surface area contributed by atoms with Crippen molar-refractivity contribution in [2.24, 2.45) is 35.0 Å². The van der Waals surface area contributed by atoms with Crippen LogP contribution in [-0.4, -0.2) is 29.4 Å². The third-order valence-electron chi connectivity index (χ3n) is 5.85. The van der Waals surface area contributed by atoms with Gasteiger partial charge in [0.1, 0.15) is 12.4 Å². The quantitative estimate of drug-likeness (QED) is 0.474. The van der Waals surface area contributed by atoms with Gasteiger partial charge in [-0.15, -0.1) is 0 Å². The molecule has 6 atom stereocenters. The van der Waals surface area contributed by atoms with E-state index in [1.54, 1.807) is 0 Å². The van der Waals surface area contributed by atoms with Gasteiger partial charge in [-0.1, -0.05) is 26.0 Å². The van der Waals surface area contributed by atoms with Crippen molar-refractivity contribution in [3.05, 3.63) is 12.2 Å². The van der Waals surface area contributed by atoms with Crippen LogP contribution in [0, 0.1) is 35.0 Å². The number of carboxylic acid groups (broad SMARTS) is 1. The predicted molar refractivity (Wildman–Crippen MR) is 89.1 cm³/mol. The zero-order valence-corrected chi connectivity index (χ0v) is 14.9. The lowest BCUT2D eigenvalue weighted by Crippen LogP contribution is -2.49. The number of fused-ring (bicyclic) bond motifs is 1. The van der Waals surface area contributed by atoms with Crippen LogP contribution in [0.2, 0.25) is 0 Å². The van der Waals surface area contributed by atoms with Crippen LogP contribution in [0.4, 0.5) is 0 Å². The standard InChI is InChI=1S/C19H28O5/c1-5-19(3,4)18(23)24-14-9-12(10-20)8-13-7-6-11(2)15(16(13)14)17(21)22/h6-7,10-16H,5,8-9H2,1-4H3,(H,21,22)/t11-,12-,13-,14-,15-,16+/m0/s1. The minimum atomic E-state index is -0.859. The molecule has 0 saturated heterocycles. The van der Waals surface area contributed by atoms with E-state index in [9.17, 15) is 19.5 Å². The maximum atomic E-state index is 12.5. The SMILES string of the molecule is CCC(C)(C)C(=O)O[C@H]1C[C@@H](C=O)C[C@@H]2C=C[C@H](C)[C@H](C(=O)O)[C@@H]12. The topological polar surface area (TPSA) is 80.7 Å². The van der Waals surface area contributed by atoms with E-state index in [4.69, 9.17) is 4.74 Å². The van der Waals surface area contributed by atoms with Crippen molar-refractivity contribution in [2.75, 3.05) is 0 Å². The van der Waals surface area contributed by atoms with Crippen LogP contribution in [-0.2, 0) is 19.1 Å². The number of carbonyl (C=O) groups is 3. The average Bonchev–Trinajstić information content (AvgIpc) is 2.54. The zero-order chi connectivity index (χ0) is 18.1. The Balaban J connectivity index is 2.31. The van der Waals surface area contributed by atoms with E-state index in [0.29, 0.717) is 19.3 Å². The van der Waals surface area contributed by atoms with E-state index in [2.05, 4.69) is 0 Å². The molecule has 1 fully saturated rings. The fraction of sp³-hybridized carbons (Fsp3) is 0.737. The molecule has 0 aromatic heterocycles. The number of carboxylic acids is 1. The number of carbonyl (C=O) groups excluding carboxylic acids is 2. The van der Waals surface area contributed by atoms with Crippen molar-refractivity contribution in [3.63, 3.8) is 0 Å². The average molecular weight is 336 g/mol. The van der Waals surface area contributed by atoms with Crippen LogP contribution in [0.1, 0.15) is 47.0 Å². The van der Waals surface area contributed by atoms with Crippen molar-refractivity contribution in [1.29, 1.82) is 0 Å². The summed E-state index contributed by atoms with van der Waals surface area (Å²) >= 11 is 0. The maximum absolute atomic E-state index is 12.5. The normalized spacial score (nSPS) is 35.8. The first-order valence-electron chi connectivity index (χ1n) is 8.78. The minimum absolute atomic E-state index is 0.0335. The highest BCUT2D eigenvalue weighted by molar-refractivity contribution is 5.76. The lowest BCUT2D eigenvalue weighted by molar-refractivity contribution is -0.174. The van der Waals surface area contributed by atoms with Gasteiger partial charge in [-0.25, -0.2) is 0 Å². The second kappa shape index (κ2) is 7.08. The number of hydrogen-bond acceptors (Lipinski definition) is 4. The van der Waals surface area contributed by atoms with Gasteiger partial charge in [-0.3, -0.25) is 9.59 Å². The molecule has 0 radical (unpaired) electrons. The van der Waals surface area contributed by atoms with Crippen LogP contribution < -0.4 is 0 Å². The largest absolute Gasteiger partial charge is 0.481 e. The van der Waals surface area contributed by atoms with E-state index in [0.717, 1.165) is 6.29 Å². The molecule has 0 aliphatic heterocycles. The number of aliphatic carboxylic acids is 1. The molecular formula is C19H28O5. The Morgan fingerprint density at radius 3 is 2.50 bits per heavy atom. The molecule has 134 valence electrons. The van der Waals surface area contributed by atoms with Crippen molar-refractivity contribution in [1.82, 2.24) is 0 Å². The van der Waals surface area contributed by atoms with Gasteiger partial charge < -0.3 is 14.6 Å². The number of esters is 1. The van der Waals surface area contributed by atoms with Crippen LogP contribution in [0.5, 0.6) is 0 Å². The van der Waals surface area contributed by atoms with Crippen molar-refractivity contribution >= 4 is 18.2 Å². The van der Waals surface area contributed by atoms with Crippen LogP contribution in [0.3, 0.4) is 0 Å². The van der Waals surface area contributed by atoms with Crippen molar-refractivity contribution in [3.8, 4) is 0 Å². The summed E-state index contributed by atoms with van der Waals surface area (Å²) in [4.78, 5) is 35.6. The summed E-state index contributed by atoms with van der Waals surface area (Å²) in [6.07, 6.45) is 6.00. The zero-order valence-electron chi connectivity index (χ0n) is 14.9. The van der Waals surface area contributed by atoms with Crippen molar-refractivity contribution < 1.29 is 24.2 Å². The number of hydrogen-bond donors (Lipinski definition) is 1. The van der Waals surface area contributed by atoms with E-state index in [1.165, 1.54) is 0 Å². The smallest absolute Gasteiger partial charge is 0.311 e. The Morgan fingerprint density at radius 2 is 1.96 bits per heavy atom. The van der Waals surface area contributed by atoms with E-state index >= 15 is 0 Å². The minimum Gasteiger partial charge on any atom is -0.481 e. The molecular weight excluding hydrogens is 308 g/mol. The maximum Gasteiger partial charge on any atom is 0.311 e. The highest BCUT2D eigenvalue weighted by Crippen LogP contribution is 2.46. The lowest BCUT2D eigenvalue weighted by atomic mass is 9.61. The van der Waals surface area contributed by atoms with Gasteiger partial charge >= 0.3 is 11.9 Å². The first-order valence-corrected chi connectivity index (χ1v) is 8.78. The molecule has 24 heavy (non-hydrogen) atoms. The van der Waals surface area contributed by atoms with E-state index in [1.807, 2.05) is 39.8 Å². The molecule has 1 N–H and O–H groups in total. The molecule has 0 aromatic carbocycles. The van der Waals surface area contributed by atoms with Gasteiger partial charge in [-0.05, 0) is 44.9 Å². The molecule has 2 rings (SSSR count). The summed E-state index contributed by atoms with van der Waals surface area (Å²) in [7, 11) is 0. The highest BCUT2D eigenvalue weighted by atomic mass is 16.5. The number of allylic oxidation sites excluding steroid dienone is 2. The van der Waals surface area contributed by atoms with Gasteiger partial charge in [0, 0.05) is 11.8 Å². The Hall–Kier alpha value is -1.65. The van der Waals surface area contributed by atoms with Gasteiger partial charge in [0.25, 0.3) is 0 Å². The second-order valence-corrected chi connectivity index (χ2v) is 7.90. The molecule has 2 aliphatic rings. The number of ether oxygens (including phenoxy) is 1. The molecule has 0 unspecified atom stereocenters. The highest BCUT2D eigenvalue weighted by Gasteiger charge is 2.49. The fourth-order valence-corrected chi connectivity index (χ4v) is 3.90. The summed E-state index contributed by atoms with van der Waals surface area (Å²) in [5.74, 6) is -2.37. The first kappa shape index (κ1) is 18.7. The molecule has 0 heterocycles. The molecule has 0 aromatic rings. The second-order valence-electron chi connectivity index (χ2n) is 7.90. The third kappa shape index (κ3) is 3.55. The Morgan fingerprint density at radius 1 is 1.29 bits per heavy atom. The molecule has 0 spiro atoms. The molecule has 1 saturated carbocycles. The first-order chi connectivity index (χ1) is 11.2. The van der Waals surface area contributed by atoms with Gasteiger partial charge in [0.05, 0.1) is 11.3 Å². The van der Waals surface area contributed by atoms with Gasteiger partial charge in [0.15, 0.2) is 0 Å². The van der Waals surface area contributed by atoms with E-state index < -0.39 is 23.4 Å². The molecule has 5 nitrogen and oxygen atoms in total. The van der Waals surface area contributed by atoms with Gasteiger partial charge in [-0.2, -0.15) is 0 Å². The Kier molecular flexibility index (Phi) is 5.51. The van der Waals surface area contributed by atoms with Crippen molar-refractivity contribution in [2.45, 2.75) is 53.1 Å². The van der Waals surface area contributed by atoms with E-state index in [-0.39, 0.29) is 29.6 Å². The predicted octanol–water partition coefficient (Wildman–Crippen LogP) is 3.08. The molecule has 5 heteroatoms. The van der Waals surface area contributed by atoms with Crippen LogP contribution in [0.15, 0.2) is 12.2 Å². The number of rotatable bonds is 5. The summed E-state index contributed by atoms with van der Waals surface area (Å²) in [5.41, 5.74) is -0.613. The summed E-state index contributed by atoms with van der Waals surface area (Å²) in [5, 5.41) is 9.68. The summed E-state index contributed by atoms with van der Waals surface area (Å²) in [6.45, 7) is 7.45. The molecule has 0 bridgehead atoms. The lowest BCUT2D eigenvalue weighted by Gasteiger charge is -2.45. The van der Waals surface area contributed by atoms with Gasteiger partial charge in [0.2, 0.25) is 0 Å².